The Balaban J connectivity index is 1.73. The minimum atomic E-state index is -0.644. The Kier molecular flexibility index (Phi) is 4.80. The molecule has 1 atom stereocenters. The number of nitrogens with one attached hydrogen (secondary N) is 1. The Morgan fingerprint density at radius 1 is 1.28 bits per heavy atom. The molecule has 1 aromatic rings. The van der Waals surface area contributed by atoms with Crippen LogP contribution in [0.15, 0.2) is 22.8 Å². The van der Waals surface area contributed by atoms with Gasteiger partial charge in [0, 0.05) is 13.1 Å². The number of furan rings is 1. The van der Waals surface area contributed by atoms with Gasteiger partial charge in [0.2, 0.25) is 0 Å². The maximum atomic E-state index is 10.4. The van der Waals surface area contributed by atoms with Crippen LogP contribution in [0, 0.1) is 0 Å². The van der Waals surface area contributed by atoms with Crippen LogP contribution in [-0.2, 0) is 0 Å². The van der Waals surface area contributed by atoms with Gasteiger partial charge in [-0.25, -0.2) is 0 Å². The van der Waals surface area contributed by atoms with Crippen LogP contribution < -0.4 is 5.32 Å². The fraction of sp³-hybridized carbons (Fsp3) is 0.714. The number of aliphatic hydroxyl groups is 2. The highest BCUT2D eigenvalue weighted by Crippen LogP contribution is 2.26. The van der Waals surface area contributed by atoms with E-state index in [2.05, 4.69) is 5.32 Å². The third kappa shape index (κ3) is 3.83. The summed E-state index contributed by atoms with van der Waals surface area (Å²) in [4.78, 5) is 0. The molecule has 1 saturated carbocycles. The van der Waals surface area contributed by atoms with Gasteiger partial charge in [0.15, 0.2) is 0 Å². The first kappa shape index (κ1) is 13.6. The molecule has 1 aliphatic carbocycles. The monoisotopic (exact) mass is 253 g/mol. The molecule has 0 aliphatic heterocycles. The Morgan fingerprint density at radius 3 is 2.61 bits per heavy atom. The number of hydrogen-bond donors (Lipinski definition) is 3. The summed E-state index contributed by atoms with van der Waals surface area (Å²) in [6.45, 7) is 0.959. The number of rotatable bonds is 5. The normalized spacial score (nSPS) is 21.4. The summed E-state index contributed by atoms with van der Waals surface area (Å²) in [7, 11) is 0. The van der Waals surface area contributed by atoms with E-state index < -0.39 is 11.7 Å². The van der Waals surface area contributed by atoms with Gasteiger partial charge in [-0.15, -0.1) is 0 Å². The van der Waals surface area contributed by atoms with Crippen molar-refractivity contribution in [1.29, 1.82) is 0 Å². The fourth-order valence-electron chi connectivity index (χ4n) is 2.59. The highest BCUT2D eigenvalue weighted by Gasteiger charge is 2.27. The Labute approximate surface area is 108 Å². The first-order chi connectivity index (χ1) is 8.70. The van der Waals surface area contributed by atoms with E-state index in [-0.39, 0.29) is 0 Å². The van der Waals surface area contributed by atoms with Crippen molar-refractivity contribution in [3.63, 3.8) is 0 Å². The van der Waals surface area contributed by atoms with Gasteiger partial charge in [0.05, 0.1) is 11.9 Å². The quantitative estimate of drug-likeness (QED) is 0.702. The second-order valence-corrected chi connectivity index (χ2v) is 5.30. The van der Waals surface area contributed by atoms with Crippen molar-refractivity contribution in [2.45, 2.75) is 50.2 Å². The van der Waals surface area contributed by atoms with Crippen LogP contribution in [0.5, 0.6) is 0 Å². The van der Waals surface area contributed by atoms with Crippen molar-refractivity contribution < 1.29 is 14.6 Å². The third-order valence-electron chi connectivity index (χ3n) is 3.70. The second-order valence-electron chi connectivity index (χ2n) is 5.30. The molecule has 4 nitrogen and oxygen atoms in total. The van der Waals surface area contributed by atoms with Gasteiger partial charge in [0.25, 0.3) is 0 Å². The third-order valence-corrected chi connectivity index (χ3v) is 3.70. The molecule has 4 heteroatoms. The molecule has 1 fully saturated rings. The first-order valence-corrected chi connectivity index (χ1v) is 6.84. The lowest BCUT2D eigenvalue weighted by Crippen LogP contribution is -2.41. The summed E-state index contributed by atoms with van der Waals surface area (Å²) in [5.74, 6) is 0.565. The average molecular weight is 253 g/mol. The molecule has 1 unspecified atom stereocenters. The predicted molar refractivity (Wildman–Crippen MR) is 69.2 cm³/mol. The zero-order valence-corrected chi connectivity index (χ0v) is 10.8. The van der Waals surface area contributed by atoms with Crippen molar-refractivity contribution in [2.24, 2.45) is 0 Å². The SMILES string of the molecule is OC(CNCC1(O)CCCCCC1)c1ccco1. The molecule has 0 amide bonds. The molecule has 3 N–H and O–H groups in total. The fourth-order valence-corrected chi connectivity index (χ4v) is 2.59. The van der Waals surface area contributed by atoms with Crippen LogP contribution in [0.2, 0.25) is 0 Å². The molecule has 1 heterocycles. The Hall–Kier alpha value is -0.840. The lowest BCUT2D eigenvalue weighted by atomic mass is 9.94. The van der Waals surface area contributed by atoms with Crippen LogP contribution in [0.3, 0.4) is 0 Å². The maximum Gasteiger partial charge on any atom is 0.133 e. The van der Waals surface area contributed by atoms with Crippen molar-refractivity contribution in [3.8, 4) is 0 Å². The largest absolute Gasteiger partial charge is 0.467 e. The van der Waals surface area contributed by atoms with Gasteiger partial charge < -0.3 is 19.9 Å². The standard InChI is InChI=1S/C14H23NO3/c16-12(13-6-5-9-18-13)10-15-11-14(17)7-3-1-2-4-8-14/h5-6,9,12,15-17H,1-4,7-8,10-11H2. The van der Waals surface area contributed by atoms with E-state index in [1.165, 1.54) is 12.8 Å². The predicted octanol–water partition coefficient (Wildman–Crippen LogP) is 1.99. The van der Waals surface area contributed by atoms with Gasteiger partial charge in [-0.1, -0.05) is 25.7 Å². The summed E-state index contributed by atoms with van der Waals surface area (Å²) in [6.07, 6.45) is 7.26. The van der Waals surface area contributed by atoms with Gasteiger partial charge in [-0.2, -0.15) is 0 Å². The van der Waals surface area contributed by atoms with E-state index in [1.807, 2.05) is 0 Å². The summed E-state index contributed by atoms with van der Waals surface area (Å²) in [5, 5.41) is 23.4. The summed E-state index contributed by atoms with van der Waals surface area (Å²) >= 11 is 0. The second kappa shape index (κ2) is 6.36. The van der Waals surface area contributed by atoms with Crippen LogP contribution >= 0.6 is 0 Å². The summed E-state index contributed by atoms with van der Waals surface area (Å²) in [6, 6.07) is 3.52. The van der Waals surface area contributed by atoms with Crippen molar-refractivity contribution in [2.75, 3.05) is 13.1 Å². The van der Waals surface area contributed by atoms with Crippen molar-refractivity contribution in [3.05, 3.63) is 24.2 Å². The van der Waals surface area contributed by atoms with E-state index >= 15 is 0 Å². The number of hydrogen-bond acceptors (Lipinski definition) is 4. The highest BCUT2D eigenvalue weighted by atomic mass is 16.4. The minimum absolute atomic E-state index is 0.413. The van der Waals surface area contributed by atoms with Crippen molar-refractivity contribution >= 4 is 0 Å². The molecule has 18 heavy (non-hydrogen) atoms. The lowest BCUT2D eigenvalue weighted by molar-refractivity contribution is 0.0216. The van der Waals surface area contributed by atoms with Gasteiger partial charge in [-0.05, 0) is 25.0 Å². The van der Waals surface area contributed by atoms with Crippen molar-refractivity contribution in [1.82, 2.24) is 5.32 Å². The molecule has 0 spiro atoms. The van der Waals surface area contributed by atoms with Crippen LogP contribution in [-0.4, -0.2) is 28.9 Å². The van der Waals surface area contributed by atoms with Gasteiger partial charge >= 0.3 is 0 Å². The Morgan fingerprint density at radius 2 is 2.00 bits per heavy atom. The van der Waals surface area contributed by atoms with Crippen LogP contribution in [0.4, 0.5) is 0 Å². The van der Waals surface area contributed by atoms with E-state index in [9.17, 15) is 10.2 Å². The zero-order valence-electron chi connectivity index (χ0n) is 10.8. The smallest absolute Gasteiger partial charge is 0.133 e. The van der Waals surface area contributed by atoms with Gasteiger partial charge in [0.1, 0.15) is 11.9 Å². The van der Waals surface area contributed by atoms with Crippen LogP contribution in [0.1, 0.15) is 50.4 Å². The molecule has 0 bridgehead atoms. The number of aliphatic hydroxyl groups excluding tert-OH is 1. The maximum absolute atomic E-state index is 10.4. The molecule has 1 aromatic heterocycles. The Bertz CT molecular complexity index is 329. The van der Waals surface area contributed by atoms with Crippen LogP contribution in [0.25, 0.3) is 0 Å². The molecular weight excluding hydrogens is 230 g/mol. The topological polar surface area (TPSA) is 65.6 Å². The first-order valence-electron chi connectivity index (χ1n) is 6.84. The zero-order chi connectivity index (χ0) is 12.8. The van der Waals surface area contributed by atoms with E-state index in [1.54, 1.807) is 18.4 Å². The molecule has 1 aliphatic rings. The molecular formula is C14H23NO3. The molecule has 2 rings (SSSR count). The summed E-state index contributed by atoms with van der Waals surface area (Å²) < 4.78 is 5.13. The average Bonchev–Trinajstić information content (AvgIpc) is 2.80. The molecule has 0 radical (unpaired) electrons. The molecule has 102 valence electrons. The van der Waals surface area contributed by atoms with Gasteiger partial charge in [-0.3, -0.25) is 0 Å². The lowest BCUT2D eigenvalue weighted by Gasteiger charge is -2.27. The van der Waals surface area contributed by atoms with E-state index in [0.717, 1.165) is 25.7 Å². The van der Waals surface area contributed by atoms with E-state index in [4.69, 9.17) is 4.42 Å². The summed E-state index contributed by atoms with van der Waals surface area (Å²) in [5.41, 5.74) is -0.598. The molecule has 0 aromatic carbocycles. The highest BCUT2D eigenvalue weighted by molar-refractivity contribution is 5.02. The molecule has 0 saturated heterocycles. The van der Waals surface area contributed by atoms with E-state index in [0.29, 0.717) is 18.8 Å². The minimum Gasteiger partial charge on any atom is -0.467 e.